The van der Waals surface area contributed by atoms with Crippen LogP contribution in [0.4, 0.5) is 10.1 Å². The summed E-state index contributed by atoms with van der Waals surface area (Å²) in [5, 5.41) is 6.76. The molecule has 19 heavy (non-hydrogen) atoms. The second kappa shape index (κ2) is 5.65. The van der Waals surface area contributed by atoms with Gasteiger partial charge in [-0.25, -0.2) is 4.39 Å². The van der Waals surface area contributed by atoms with Crippen LogP contribution in [-0.2, 0) is 4.79 Å². The molecule has 0 spiro atoms. The Balaban J connectivity index is 1.95. The van der Waals surface area contributed by atoms with E-state index in [1.54, 1.807) is 29.9 Å². The van der Waals surface area contributed by atoms with Crippen molar-refractivity contribution in [3.63, 3.8) is 0 Å². The van der Waals surface area contributed by atoms with Gasteiger partial charge in [-0.1, -0.05) is 6.07 Å². The number of hydrogen-bond donors (Lipinski definition) is 1. The van der Waals surface area contributed by atoms with Crippen molar-refractivity contribution < 1.29 is 9.18 Å². The molecular formula is C14H16FN3O. The van der Waals surface area contributed by atoms with Crippen LogP contribution in [0.25, 0.3) is 0 Å². The lowest BCUT2D eigenvalue weighted by Crippen LogP contribution is -2.18. The molecule has 5 heteroatoms. The Morgan fingerprint density at radius 2 is 2.32 bits per heavy atom. The summed E-state index contributed by atoms with van der Waals surface area (Å²) in [6.07, 6.45) is 3.77. The molecular weight excluding hydrogens is 245 g/mol. The van der Waals surface area contributed by atoms with E-state index in [1.807, 2.05) is 19.2 Å². The van der Waals surface area contributed by atoms with E-state index in [0.29, 0.717) is 11.3 Å². The van der Waals surface area contributed by atoms with Crippen LogP contribution in [0.5, 0.6) is 0 Å². The molecule has 2 aromatic rings. The van der Waals surface area contributed by atoms with Crippen LogP contribution in [0, 0.1) is 12.7 Å². The average molecular weight is 261 g/mol. The first kappa shape index (κ1) is 13.3. The highest BCUT2D eigenvalue weighted by Crippen LogP contribution is 2.15. The van der Waals surface area contributed by atoms with Crippen LogP contribution < -0.4 is 5.32 Å². The second-order valence-electron chi connectivity index (χ2n) is 4.55. The fourth-order valence-corrected chi connectivity index (χ4v) is 1.79. The number of anilines is 1. The smallest absolute Gasteiger partial charge is 0.226 e. The third kappa shape index (κ3) is 3.40. The fraction of sp³-hybridized carbons (Fsp3) is 0.286. The number of rotatable bonds is 4. The summed E-state index contributed by atoms with van der Waals surface area (Å²) >= 11 is 0. The van der Waals surface area contributed by atoms with Crippen molar-refractivity contribution in [2.75, 3.05) is 5.32 Å². The number of carbonyl (C=O) groups excluding carboxylic acids is 1. The molecule has 1 amide bonds. The molecule has 0 bridgehead atoms. The normalized spacial score (nSPS) is 12.2. The van der Waals surface area contributed by atoms with Gasteiger partial charge in [0.15, 0.2) is 0 Å². The maximum absolute atomic E-state index is 13.4. The lowest BCUT2D eigenvalue weighted by atomic mass is 10.2. The maximum Gasteiger partial charge on any atom is 0.226 e. The number of carbonyl (C=O) groups is 1. The third-order valence-electron chi connectivity index (χ3n) is 2.91. The number of nitrogens with zero attached hydrogens (tertiary/aromatic N) is 2. The van der Waals surface area contributed by atoms with Crippen LogP contribution in [0.2, 0.25) is 0 Å². The topological polar surface area (TPSA) is 46.9 Å². The average Bonchev–Trinajstić information content (AvgIpc) is 2.87. The summed E-state index contributed by atoms with van der Waals surface area (Å²) in [7, 11) is 0. The highest BCUT2D eigenvalue weighted by atomic mass is 19.1. The summed E-state index contributed by atoms with van der Waals surface area (Å²) in [5.41, 5.74) is 1.03. The van der Waals surface area contributed by atoms with Gasteiger partial charge in [0, 0.05) is 24.5 Å². The number of nitrogens with one attached hydrogen (secondary N) is 1. The van der Waals surface area contributed by atoms with Gasteiger partial charge in [0.25, 0.3) is 0 Å². The van der Waals surface area contributed by atoms with Crippen LogP contribution in [-0.4, -0.2) is 15.7 Å². The number of benzene rings is 1. The number of aromatic nitrogens is 2. The van der Waals surface area contributed by atoms with Crippen molar-refractivity contribution in [3.05, 3.63) is 48.0 Å². The Hall–Kier alpha value is -2.17. The van der Waals surface area contributed by atoms with Crippen LogP contribution in [0.1, 0.15) is 24.9 Å². The SMILES string of the molecule is Cc1ccc(NC(=O)C[C@H](C)n2cccn2)cc1F. The highest BCUT2D eigenvalue weighted by Gasteiger charge is 2.11. The minimum atomic E-state index is -0.321. The van der Waals surface area contributed by atoms with Crippen LogP contribution in [0.3, 0.4) is 0 Å². The zero-order valence-electron chi connectivity index (χ0n) is 10.9. The third-order valence-corrected chi connectivity index (χ3v) is 2.91. The summed E-state index contributed by atoms with van der Waals surface area (Å²) in [6, 6.07) is 6.43. The first-order valence-corrected chi connectivity index (χ1v) is 6.11. The molecule has 0 aliphatic rings. The van der Waals surface area contributed by atoms with Crippen molar-refractivity contribution in [1.29, 1.82) is 0 Å². The fourth-order valence-electron chi connectivity index (χ4n) is 1.79. The standard InChI is InChI=1S/C14H16FN3O/c1-10-4-5-12(9-13(10)15)17-14(19)8-11(2)18-7-3-6-16-18/h3-7,9,11H,8H2,1-2H3,(H,17,19)/t11-/m0/s1. The van der Waals surface area contributed by atoms with E-state index in [2.05, 4.69) is 10.4 Å². The molecule has 4 nitrogen and oxygen atoms in total. The Bertz CT molecular complexity index is 566. The molecule has 0 fully saturated rings. The molecule has 1 atom stereocenters. The molecule has 0 aliphatic heterocycles. The molecule has 0 saturated heterocycles. The molecule has 0 aliphatic carbocycles. The van der Waals surface area contributed by atoms with E-state index in [4.69, 9.17) is 0 Å². The molecule has 0 unspecified atom stereocenters. The van der Waals surface area contributed by atoms with Crippen LogP contribution >= 0.6 is 0 Å². The van der Waals surface area contributed by atoms with Crippen molar-refractivity contribution in [3.8, 4) is 0 Å². The second-order valence-corrected chi connectivity index (χ2v) is 4.55. The predicted octanol–water partition coefficient (Wildman–Crippen LogP) is 2.92. The van der Waals surface area contributed by atoms with Gasteiger partial charge in [-0.3, -0.25) is 9.48 Å². The predicted molar refractivity (Wildman–Crippen MR) is 71.3 cm³/mol. The molecule has 0 radical (unpaired) electrons. The number of halogens is 1. The minimum Gasteiger partial charge on any atom is -0.326 e. The zero-order chi connectivity index (χ0) is 13.8. The summed E-state index contributed by atoms with van der Waals surface area (Å²) in [6.45, 7) is 3.59. The molecule has 0 saturated carbocycles. The highest BCUT2D eigenvalue weighted by molar-refractivity contribution is 5.90. The number of amides is 1. The maximum atomic E-state index is 13.4. The van der Waals surface area contributed by atoms with Crippen LogP contribution in [0.15, 0.2) is 36.7 Å². The number of aryl methyl sites for hydroxylation is 1. The largest absolute Gasteiger partial charge is 0.326 e. The summed E-state index contributed by atoms with van der Waals surface area (Å²) in [4.78, 5) is 11.8. The van der Waals surface area contributed by atoms with Crippen molar-refractivity contribution in [1.82, 2.24) is 9.78 Å². The Kier molecular flexibility index (Phi) is 3.94. The van der Waals surface area contributed by atoms with E-state index in [-0.39, 0.29) is 24.2 Å². The molecule has 100 valence electrons. The molecule has 1 aromatic heterocycles. The van der Waals surface area contributed by atoms with E-state index in [0.717, 1.165) is 0 Å². The lowest BCUT2D eigenvalue weighted by molar-refractivity contribution is -0.116. The molecule has 2 rings (SSSR count). The van der Waals surface area contributed by atoms with Crippen molar-refractivity contribution in [2.45, 2.75) is 26.3 Å². The minimum absolute atomic E-state index is 0.0368. The molecule has 1 aromatic carbocycles. The monoisotopic (exact) mass is 261 g/mol. The Labute approximate surface area is 111 Å². The summed E-state index contributed by atoms with van der Waals surface area (Å²) < 4.78 is 15.1. The first-order valence-electron chi connectivity index (χ1n) is 6.11. The van der Waals surface area contributed by atoms with Gasteiger partial charge >= 0.3 is 0 Å². The van der Waals surface area contributed by atoms with E-state index in [9.17, 15) is 9.18 Å². The van der Waals surface area contributed by atoms with Gasteiger partial charge in [-0.05, 0) is 37.6 Å². The van der Waals surface area contributed by atoms with Crippen molar-refractivity contribution >= 4 is 11.6 Å². The first-order chi connectivity index (χ1) is 9.06. The van der Waals surface area contributed by atoms with Gasteiger partial charge in [-0.15, -0.1) is 0 Å². The van der Waals surface area contributed by atoms with Crippen molar-refractivity contribution in [2.24, 2.45) is 0 Å². The van der Waals surface area contributed by atoms with Gasteiger partial charge in [0.2, 0.25) is 5.91 Å². The van der Waals surface area contributed by atoms with Gasteiger partial charge in [0.05, 0.1) is 6.04 Å². The van der Waals surface area contributed by atoms with Gasteiger partial charge in [-0.2, -0.15) is 5.10 Å². The summed E-state index contributed by atoms with van der Waals surface area (Å²) in [5.74, 6) is -0.482. The van der Waals surface area contributed by atoms with E-state index in [1.165, 1.54) is 6.07 Å². The van der Waals surface area contributed by atoms with E-state index >= 15 is 0 Å². The van der Waals surface area contributed by atoms with Gasteiger partial charge < -0.3 is 5.32 Å². The van der Waals surface area contributed by atoms with Gasteiger partial charge in [0.1, 0.15) is 5.82 Å². The Morgan fingerprint density at radius 3 is 2.95 bits per heavy atom. The lowest BCUT2D eigenvalue weighted by Gasteiger charge is -2.12. The Morgan fingerprint density at radius 1 is 1.53 bits per heavy atom. The molecule has 1 heterocycles. The van der Waals surface area contributed by atoms with E-state index < -0.39 is 0 Å². The zero-order valence-corrected chi connectivity index (χ0v) is 10.9. The molecule has 1 N–H and O–H groups in total. The number of hydrogen-bond acceptors (Lipinski definition) is 2. The quantitative estimate of drug-likeness (QED) is 0.919.